The van der Waals surface area contributed by atoms with E-state index in [9.17, 15) is 4.79 Å². The normalized spacial score (nSPS) is 19.2. The zero-order valence-electron chi connectivity index (χ0n) is 13.5. The summed E-state index contributed by atoms with van der Waals surface area (Å²) in [4.78, 5) is 15.9. The maximum atomic E-state index is 11.8. The number of benzene rings is 1. The Labute approximate surface area is 146 Å². The number of carbonyl (C=O) groups excluding carboxylic acids is 1. The van der Waals surface area contributed by atoms with Gasteiger partial charge in [-0.05, 0) is 37.0 Å². The Bertz CT molecular complexity index is 682. The van der Waals surface area contributed by atoms with Crippen molar-refractivity contribution in [3.05, 3.63) is 58.9 Å². The number of anilines is 1. The molecule has 2 N–H and O–H groups in total. The summed E-state index contributed by atoms with van der Waals surface area (Å²) in [6.45, 7) is 2.27. The standard InChI is InChI=1S/C18H20ClN3O2/c1-12-7-8-20-17(19)16(12)21-14-9-15(10-14)22-18(23)24-11-13-5-3-2-4-6-13/h2-8,14-15,21H,9-11H2,1H3,(H,22,23). The largest absolute Gasteiger partial charge is 0.445 e. The predicted molar refractivity (Wildman–Crippen MR) is 94.2 cm³/mol. The van der Waals surface area contributed by atoms with Crippen molar-refractivity contribution >= 4 is 23.4 Å². The summed E-state index contributed by atoms with van der Waals surface area (Å²) in [5.41, 5.74) is 2.91. The van der Waals surface area contributed by atoms with Crippen LogP contribution in [-0.2, 0) is 11.3 Å². The summed E-state index contributed by atoms with van der Waals surface area (Å²) < 4.78 is 5.22. The number of aromatic nitrogens is 1. The lowest BCUT2D eigenvalue weighted by Crippen LogP contribution is -2.49. The van der Waals surface area contributed by atoms with Crippen molar-refractivity contribution in [1.82, 2.24) is 10.3 Å². The minimum absolute atomic E-state index is 0.126. The van der Waals surface area contributed by atoms with Gasteiger partial charge in [-0.3, -0.25) is 0 Å². The quantitative estimate of drug-likeness (QED) is 0.806. The second-order valence-corrected chi connectivity index (χ2v) is 6.37. The van der Waals surface area contributed by atoms with Gasteiger partial charge in [-0.25, -0.2) is 9.78 Å². The minimum atomic E-state index is -0.377. The molecular formula is C18H20ClN3O2. The van der Waals surface area contributed by atoms with Crippen molar-refractivity contribution in [1.29, 1.82) is 0 Å². The second kappa shape index (κ2) is 7.53. The highest BCUT2D eigenvalue weighted by Gasteiger charge is 2.31. The van der Waals surface area contributed by atoms with E-state index in [-0.39, 0.29) is 24.8 Å². The van der Waals surface area contributed by atoms with Crippen LogP contribution >= 0.6 is 11.6 Å². The third kappa shape index (κ3) is 4.17. The molecule has 0 spiro atoms. The Balaban J connectivity index is 1.40. The zero-order chi connectivity index (χ0) is 16.9. The first-order valence-electron chi connectivity index (χ1n) is 7.96. The Hall–Kier alpha value is -2.27. The Morgan fingerprint density at radius 2 is 2.00 bits per heavy atom. The second-order valence-electron chi connectivity index (χ2n) is 6.01. The minimum Gasteiger partial charge on any atom is -0.445 e. The van der Waals surface area contributed by atoms with Gasteiger partial charge in [-0.15, -0.1) is 0 Å². The van der Waals surface area contributed by atoms with Gasteiger partial charge in [0.2, 0.25) is 0 Å². The molecule has 126 valence electrons. The number of halogens is 1. The molecule has 0 radical (unpaired) electrons. The summed E-state index contributed by atoms with van der Waals surface area (Å²) in [6.07, 6.45) is 2.99. The van der Waals surface area contributed by atoms with Crippen LogP contribution in [0, 0.1) is 6.92 Å². The van der Waals surface area contributed by atoms with Crippen LogP contribution in [0.15, 0.2) is 42.6 Å². The molecule has 0 atom stereocenters. The summed E-state index contributed by atoms with van der Waals surface area (Å²) in [6, 6.07) is 12.0. The predicted octanol–water partition coefficient (Wildman–Crippen LogP) is 3.91. The first kappa shape index (κ1) is 16.6. The van der Waals surface area contributed by atoms with Crippen LogP contribution < -0.4 is 10.6 Å². The Kier molecular flexibility index (Phi) is 5.20. The third-order valence-electron chi connectivity index (χ3n) is 4.13. The number of rotatable bonds is 5. The first-order valence-corrected chi connectivity index (χ1v) is 8.34. The lowest BCUT2D eigenvalue weighted by atomic mass is 9.86. The maximum absolute atomic E-state index is 11.8. The monoisotopic (exact) mass is 345 g/mol. The van der Waals surface area contributed by atoms with Gasteiger partial charge in [-0.2, -0.15) is 0 Å². The molecule has 1 saturated carbocycles. The molecule has 3 rings (SSSR count). The van der Waals surface area contributed by atoms with Crippen LogP contribution in [0.2, 0.25) is 5.15 Å². The number of nitrogens with one attached hydrogen (secondary N) is 2. The van der Waals surface area contributed by atoms with Gasteiger partial charge in [0.15, 0.2) is 5.15 Å². The van der Waals surface area contributed by atoms with E-state index in [1.54, 1.807) is 6.20 Å². The van der Waals surface area contributed by atoms with Gasteiger partial charge < -0.3 is 15.4 Å². The molecule has 1 aliphatic carbocycles. The van der Waals surface area contributed by atoms with Crippen molar-refractivity contribution in [3.8, 4) is 0 Å². The molecule has 1 aromatic heterocycles. The summed E-state index contributed by atoms with van der Waals surface area (Å²) in [7, 11) is 0. The number of carbonyl (C=O) groups is 1. The van der Waals surface area contributed by atoms with Crippen molar-refractivity contribution in [3.63, 3.8) is 0 Å². The number of hydrogen-bond donors (Lipinski definition) is 2. The molecule has 1 fully saturated rings. The highest BCUT2D eigenvalue weighted by molar-refractivity contribution is 6.32. The average molecular weight is 346 g/mol. The van der Waals surface area contributed by atoms with Crippen LogP contribution in [-0.4, -0.2) is 23.2 Å². The van der Waals surface area contributed by atoms with Gasteiger partial charge in [0.25, 0.3) is 0 Å². The smallest absolute Gasteiger partial charge is 0.407 e. The van der Waals surface area contributed by atoms with Crippen molar-refractivity contribution < 1.29 is 9.53 Å². The lowest BCUT2D eigenvalue weighted by Gasteiger charge is -2.37. The molecule has 0 bridgehead atoms. The first-order chi connectivity index (χ1) is 11.6. The topological polar surface area (TPSA) is 63.2 Å². The maximum Gasteiger partial charge on any atom is 0.407 e. The van der Waals surface area contributed by atoms with Crippen molar-refractivity contribution in [2.75, 3.05) is 5.32 Å². The van der Waals surface area contributed by atoms with E-state index in [4.69, 9.17) is 16.3 Å². The molecule has 24 heavy (non-hydrogen) atoms. The fraction of sp³-hybridized carbons (Fsp3) is 0.333. The van der Waals surface area contributed by atoms with Crippen LogP contribution in [0.4, 0.5) is 10.5 Å². The molecule has 1 aliphatic rings. The molecule has 2 aromatic rings. The molecule has 0 aliphatic heterocycles. The third-order valence-corrected chi connectivity index (χ3v) is 4.42. The molecule has 0 unspecified atom stereocenters. The molecule has 6 heteroatoms. The SMILES string of the molecule is Cc1ccnc(Cl)c1NC1CC(NC(=O)OCc2ccccc2)C1. The van der Waals surface area contributed by atoms with E-state index in [2.05, 4.69) is 15.6 Å². The van der Waals surface area contributed by atoms with Gasteiger partial charge in [-0.1, -0.05) is 41.9 Å². The zero-order valence-corrected chi connectivity index (χ0v) is 14.2. The van der Waals surface area contributed by atoms with Crippen molar-refractivity contribution in [2.24, 2.45) is 0 Å². The number of aryl methyl sites for hydroxylation is 1. The van der Waals surface area contributed by atoms with E-state index < -0.39 is 0 Å². The lowest BCUT2D eigenvalue weighted by molar-refractivity contribution is 0.129. The number of hydrogen-bond acceptors (Lipinski definition) is 4. The fourth-order valence-electron chi connectivity index (χ4n) is 2.69. The number of nitrogens with zero attached hydrogens (tertiary/aromatic N) is 1. The summed E-state index contributed by atoms with van der Waals surface area (Å²) >= 11 is 6.11. The Morgan fingerprint density at radius 3 is 2.71 bits per heavy atom. The molecule has 5 nitrogen and oxygen atoms in total. The van der Waals surface area contributed by atoms with Crippen LogP contribution in [0.25, 0.3) is 0 Å². The van der Waals surface area contributed by atoms with E-state index in [0.29, 0.717) is 5.15 Å². The van der Waals surface area contributed by atoms with Gasteiger partial charge in [0, 0.05) is 18.3 Å². The van der Waals surface area contributed by atoms with Crippen LogP contribution in [0.3, 0.4) is 0 Å². The van der Waals surface area contributed by atoms with Gasteiger partial charge >= 0.3 is 6.09 Å². The molecule has 1 aromatic carbocycles. The van der Waals surface area contributed by atoms with E-state index in [1.807, 2.05) is 43.3 Å². The molecule has 0 saturated heterocycles. The summed E-state index contributed by atoms with van der Waals surface area (Å²) in [5.74, 6) is 0. The number of alkyl carbamates (subject to hydrolysis) is 1. The van der Waals surface area contributed by atoms with E-state index >= 15 is 0 Å². The molecule has 1 heterocycles. The highest BCUT2D eigenvalue weighted by Crippen LogP contribution is 2.29. The average Bonchev–Trinajstić information content (AvgIpc) is 2.54. The van der Waals surface area contributed by atoms with E-state index in [0.717, 1.165) is 29.7 Å². The summed E-state index contributed by atoms with van der Waals surface area (Å²) in [5, 5.41) is 6.75. The number of amides is 1. The van der Waals surface area contributed by atoms with Crippen LogP contribution in [0.1, 0.15) is 24.0 Å². The van der Waals surface area contributed by atoms with Crippen LogP contribution in [0.5, 0.6) is 0 Å². The molecule has 1 amide bonds. The Morgan fingerprint density at radius 1 is 1.25 bits per heavy atom. The van der Waals surface area contributed by atoms with Gasteiger partial charge in [0.1, 0.15) is 6.61 Å². The van der Waals surface area contributed by atoms with Gasteiger partial charge in [0.05, 0.1) is 5.69 Å². The number of ether oxygens (including phenoxy) is 1. The highest BCUT2D eigenvalue weighted by atomic mass is 35.5. The number of pyridine rings is 1. The van der Waals surface area contributed by atoms with Crippen molar-refractivity contribution in [2.45, 2.75) is 38.5 Å². The fourth-order valence-corrected chi connectivity index (χ4v) is 2.95. The molecular weight excluding hydrogens is 326 g/mol. The van der Waals surface area contributed by atoms with E-state index in [1.165, 1.54) is 0 Å².